The zero-order chi connectivity index (χ0) is 33.0. The highest BCUT2D eigenvalue weighted by Gasteiger charge is 2.36. The lowest BCUT2D eigenvalue weighted by Gasteiger charge is -2.27. The van der Waals surface area contributed by atoms with Gasteiger partial charge in [0, 0.05) is 10.0 Å². The zero-order valence-corrected chi connectivity index (χ0v) is 29.2. The third-order valence-electron chi connectivity index (χ3n) is 7.23. The molecule has 1 aliphatic rings. The first-order chi connectivity index (χ1) is 22.1. The van der Waals surface area contributed by atoms with Crippen LogP contribution in [0.2, 0.25) is 0 Å². The maximum absolute atomic E-state index is 14.1. The van der Waals surface area contributed by atoms with Gasteiger partial charge in [0.05, 0.1) is 39.6 Å². The molecule has 0 radical (unpaired) electrons. The summed E-state index contributed by atoms with van der Waals surface area (Å²) >= 11 is 8.36. The van der Waals surface area contributed by atoms with Gasteiger partial charge in [-0.15, -0.1) is 0 Å². The molecule has 0 unspecified atom stereocenters. The Morgan fingerprint density at radius 3 is 2.43 bits per heavy atom. The number of carbonyl (C=O) groups excluding carboxylic acids is 1. The second-order valence-corrected chi connectivity index (χ2v) is 13.1. The first-order valence-corrected chi connectivity index (χ1v) is 16.8. The Balaban J connectivity index is 1.55. The van der Waals surface area contributed by atoms with Crippen molar-refractivity contribution >= 4 is 61.2 Å². The summed E-state index contributed by atoms with van der Waals surface area (Å²) in [5.41, 5.74) is 3.03. The van der Waals surface area contributed by atoms with E-state index in [0.29, 0.717) is 48.6 Å². The summed E-state index contributed by atoms with van der Waals surface area (Å²) in [6.07, 6.45) is 3.06. The van der Waals surface area contributed by atoms with E-state index in [-0.39, 0.29) is 24.3 Å². The summed E-state index contributed by atoms with van der Waals surface area (Å²) in [5.74, 6) is -0.388. The summed E-state index contributed by atoms with van der Waals surface area (Å²) in [5, 5.41) is 9.11. The number of rotatable bonds is 11. The molecule has 1 aliphatic heterocycles. The second kappa shape index (κ2) is 14.6. The predicted molar refractivity (Wildman–Crippen MR) is 182 cm³/mol. The van der Waals surface area contributed by atoms with Gasteiger partial charge in [-0.2, -0.15) is 0 Å². The number of carboxylic acids is 1. The van der Waals surface area contributed by atoms with Crippen LogP contribution in [0.4, 0.5) is 0 Å². The molecule has 0 saturated carbocycles. The average molecular weight is 770 g/mol. The van der Waals surface area contributed by atoms with Crippen LogP contribution in [0.1, 0.15) is 59.8 Å². The summed E-state index contributed by atoms with van der Waals surface area (Å²) in [6, 6.07) is 16.7. The fraction of sp³-hybridized carbons (Fsp3) is 0.235. The van der Waals surface area contributed by atoms with Crippen LogP contribution in [0, 0.1) is 0 Å². The number of aromatic carboxylic acids is 1. The Bertz CT molecular complexity index is 2020. The van der Waals surface area contributed by atoms with Crippen LogP contribution in [0.25, 0.3) is 6.08 Å². The third kappa shape index (κ3) is 7.03. The maximum atomic E-state index is 14.1. The minimum Gasteiger partial charge on any atom is -0.496 e. The van der Waals surface area contributed by atoms with Crippen molar-refractivity contribution in [2.24, 2.45) is 4.99 Å². The van der Waals surface area contributed by atoms with Crippen molar-refractivity contribution in [3.63, 3.8) is 0 Å². The summed E-state index contributed by atoms with van der Waals surface area (Å²) < 4.78 is 20.6. The SMILES string of the molecule is CCCC1=C(C(=O)OCC)[C@H](c2cc(Br)ccc2OC)n2c(s/c(=C/c3ccc(OCc4ccc(C(=O)O)cc4)c(Br)c3)c2=O)=N1. The van der Waals surface area contributed by atoms with Crippen molar-refractivity contribution in [1.29, 1.82) is 0 Å². The van der Waals surface area contributed by atoms with E-state index in [1.54, 1.807) is 48.9 Å². The highest BCUT2D eigenvalue weighted by Crippen LogP contribution is 2.38. The minimum atomic E-state index is -0.984. The van der Waals surface area contributed by atoms with Crippen molar-refractivity contribution in [2.75, 3.05) is 13.7 Å². The predicted octanol–water partition coefficient (Wildman–Crippen LogP) is 6.39. The number of esters is 1. The Morgan fingerprint density at radius 2 is 1.78 bits per heavy atom. The third-order valence-corrected chi connectivity index (χ3v) is 9.32. The molecule has 0 amide bonds. The number of nitrogens with zero attached hydrogens (tertiary/aromatic N) is 2. The number of carbonyl (C=O) groups is 2. The van der Waals surface area contributed by atoms with E-state index in [0.717, 1.165) is 22.0 Å². The standard InChI is InChI=1S/C34H30Br2N2O7S/c1-4-6-25-29(33(42)44-5-2)30(23-17-22(35)12-14-26(23)43-3)38-31(39)28(46-34(38)37-25)16-20-9-13-27(24(36)15-20)45-18-19-7-10-21(11-8-19)32(40)41/h7-17,30H,4-6,18H2,1-3H3,(H,40,41)/b28-16+/t30-/m0/s1. The number of hydrogen-bond donors (Lipinski definition) is 1. The quantitative estimate of drug-likeness (QED) is 0.176. The van der Waals surface area contributed by atoms with Crippen LogP contribution in [0.15, 0.2) is 90.7 Å². The Labute approximate surface area is 285 Å². The van der Waals surface area contributed by atoms with Crippen molar-refractivity contribution in [3.05, 3.63) is 123 Å². The van der Waals surface area contributed by atoms with Crippen LogP contribution in [-0.2, 0) is 16.1 Å². The molecule has 0 fully saturated rings. The number of methoxy groups -OCH3 is 1. The largest absolute Gasteiger partial charge is 0.496 e. The van der Waals surface area contributed by atoms with Crippen LogP contribution >= 0.6 is 43.2 Å². The van der Waals surface area contributed by atoms with Gasteiger partial charge in [0.25, 0.3) is 5.56 Å². The first-order valence-electron chi connectivity index (χ1n) is 14.4. The number of hydrogen-bond acceptors (Lipinski definition) is 8. The van der Waals surface area contributed by atoms with E-state index in [9.17, 15) is 14.4 Å². The molecule has 12 heteroatoms. The summed E-state index contributed by atoms with van der Waals surface area (Å²) in [7, 11) is 1.55. The van der Waals surface area contributed by atoms with Gasteiger partial charge in [0.15, 0.2) is 4.80 Å². The van der Waals surface area contributed by atoms with E-state index in [1.807, 2.05) is 31.2 Å². The van der Waals surface area contributed by atoms with Crippen molar-refractivity contribution in [3.8, 4) is 11.5 Å². The lowest BCUT2D eigenvalue weighted by atomic mass is 9.93. The minimum absolute atomic E-state index is 0.181. The fourth-order valence-electron chi connectivity index (χ4n) is 5.11. The number of allylic oxidation sites excluding steroid dienone is 1. The summed E-state index contributed by atoms with van der Waals surface area (Å²) in [4.78, 5) is 44.0. The molecule has 1 N–H and O–H groups in total. The van der Waals surface area contributed by atoms with Crippen LogP contribution < -0.4 is 24.4 Å². The second-order valence-electron chi connectivity index (χ2n) is 10.3. The fourth-order valence-corrected chi connectivity index (χ4v) is 7.02. The smallest absolute Gasteiger partial charge is 0.338 e. The normalized spacial score (nSPS) is 14.5. The molecule has 3 aromatic carbocycles. The Morgan fingerprint density at radius 1 is 1.04 bits per heavy atom. The molecule has 0 bridgehead atoms. The highest BCUT2D eigenvalue weighted by molar-refractivity contribution is 9.10. The molecule has 0 spiro atoms. The van der Waals surface area contributed by atoms with E-state index in [4.69, 9.17) is 24.3 Å². The molecule has 1 aromatic heterocycles. The lowest BCUT2D eigenvalue weighted by Crippen LogP contribution is -2.40. The van der Waals surface area contributed by atoms with E-state index in [2.05, 4.69) is 31.9 Å². The van der Waals surface area contributed by atoms with Crippen molar-refractivity contribution in [2.45, 2.75) is 39.3 Å². The van der Waals surface area contributed by atoms with E-state index >= 15 is 0 Å². The molecule has 1 atom stereocenters. The van der Waals surface area contributed by atoms with Gasteiger partial charge in [0.1, 0.15) is 24.1 Å². The number of halogens is 2. The van der Waals surface area contributed by atoms with E-state index in [1.165, 1.54) is 23.5 Å². The van der Waals surface area contributed by atoms with Gasteiger partial charge in [0.2, 0.25) is 0 Å². The molecule has 4 aromatic rings. The molecule has 2 heterocycles. The van der Waals surface area contributed by atoms with Crippen molar-refractivity contribution in [1.82, 2.24) is 4.57 Å². The topological polar surface area (TPSA) is 116 Å². The van der Waals surface area contributed by atoms with Gasteiger partial charge in [-0.1, -0.05) is 58.8 Å². The maximum Gasteiger partial charge on any atom is 0.338 e. The molecule has 9 nitrogen and oxygen atoms in total. The molecule has 238 valence electrons. The monoisotopic (exact) mass is 768 g/mol. The molecular weight excluding hydrogens is 740 g/mol. The van der Waals surface area contributed by atoms with Crippen molar-refractivity contribution < 1.29 is 28.9 Å². The Kier molecular flexibility index (Phi) is 10.6. The van der Waals surface area contributed by atoms with Crippen LogP contribution in [0.3, 0.4) is 0 Å². The number of benzene rings is 3. The number of carboxylic acid groups (broad SMARTS) is 1. The lowest BCUT2D eigenvalue weighted by molar-refractivity contribution is -0.139. The van der Waals surface area contributed by atoms with E-state index < -0.39 is 18.0 Å². The first kappa shape index (κ1) is 33.4. The molecule has 0 saturated heterocycles. The molecule has 0 aliphatic carbocycles. The summed E-state index contributed by atoms with van der Waals surface area (Å²) in [6.45, 7) is 4.18. The van der Waals surface area contributed by atoms with Crippen LogP contribution in [-0.4, -0.2) is 35.3 Å². The number of fused-ring (bicyclic) bond motifs is 1. The van der Waals surface area contributed by atoms with Gasteiger partial charge in [-0.3, -0.25) is 9.36 Å². The highest BCUT2D eigenvalue weighted by atomic mass is 79.9. The van der Waals surface area contributed by atoms with Gasteiger partial charge in [-0.05, 0) is 88.9 Å². The number of aromatic nitrogens is 1. The molecule has 5 rings (SSSR count). The van der Waals surface area contributed by atoms with Crippen LogP contribution in [0.5, 0.6) is 11.5 Å². The molecular formula is C34H30Br2N2O7S. The average Bonchev–Trinajstić information content (AvgIpc) is 3.34. The number of thiazole rings is 1. The number of ether oxygens (including phenoxy) is 3. The zero-order valence-electron chi connectivity index (χ0n) is 25.2. The molecule has 46 heavy (non-hydrogen) atoms. The van der Waals surface area contributed by atoms with Gasteiger partial charge < -0.3 is 19.3 Å². The van der Waals surface area contributed by atoms with Gasteiger partial charge >= 0.3 is 11.9 Å². The Hall–Kier alpha value is -4.00. The van der Waals surface area contributed by atoms with Gasteiger partial charge in [-0.25, -0.2) is 14.6 Å².